The van der Waals surface area contributed by atoms with Gasteiger partial charge in [-0.05, 0) is 45.1 Å². The van der Waals surface area contributed by atoms with Crippen LogP contribution in [0.1, 0.15) is 42.1 Å². The van der Waals surface area contributed by atoms with E-state index < -0.39 is 10.0 Å². The van der Waals surface area contributed by atoms with Crippen LogP contribution in [0.3, 0.4) is 0 Å². The van der Waals surface area contributed by atoms with Gasteiger partial charge in [0.05, 0.1) is 22.8 Å². The molecule has 0 aliphatic carbocycles. The Bertz CT molecular complexity index is 1080. The molecule has 0 bridgehead atoms. The second-order valence-corrected chi connectivity index (χ2v) is 9.94. The monoisotopic (exact) mass is 420 g/mol. The van der Waals surface area contributed by atoms with Gasteiger partial charge in [-0.25, -0.2) is 13.4 Å². The molecule has 0 saturated carbocycles. The van der Waals surface area contributed by atoms with Crippen molar-refractivity contribution in [2.45, 2.75) is 51.5 Å². The zero-order valence-electron chi connectivity index (χ0n) is 16.3. The lowest BCUT2D eigenvalue weighted by atomic mass is 10.2. The van der Waals surface area contributed by atoms with Crippen molar-refractivity contribution in [3.63, 3.8) is 0 Å². The molecule has 7 nitrogen and oxygen atoms in total. The molecule has 0 spiro atoms. The molecule has 0 atom stereocenters. The van der Waals surface area contributed by atoms with Crippen LogP contribution in [-0.2, 0) is 16.6 Å². The average Bonchev–Trinajstić information content (AvgIpc) is 3.37. The van der Waals surface area contributed by atoms with E-state index in [0.29, 0.717) is 41.8 Å². The number of oxazole rings is 1. The first kappa shape index (κ1) is 19.4. The zero-order chi connectivity index (χ0) is 19.9. The van der Waals surface area contributed by atoms with E-state index in [2.05, 4.69) is 10.1 Å². The minimum Gasteiger partial charge on any atom is -0.440 e. The SMILES string of the molecule is Cc1nn(Cc2nc(-c3cccs3)oc2C)c(C)c1S(=O)(=O)N1CCCCC1. The average molecular weight is 421 g/mol. The van der Waals surface area contributed by atoms with E-state index in [9.17, 15) is 8.42 Å². The lowest BCUT2D eigenvalue weighted by molar-refractivity contribution is 0.346. The molecule has 0 amide bonds. The molecule has 0 unspecified atom stereocenters. The van der Waals surface area contributed by atoms with Crippen LogP contribution in [0.5, 0.6) is 0 Å². The quantitative estimate of drug-likeness (QED) is 0.628. The van der Waals surface area contributed by atoms with Crippen LogP contribution in [0.15, 0.2) is 26.8 Å². The fraction of sp³-hybridized carbons (Fsp3) is 0.474. The molecule has 150 valence electrons. The molecule has 9 heteroatoms. The molecule has 4 rings (SSSR count). The third-order valence-corrected chi connectivity index (χ3v) is 8.16. The Labute approximate surface area is 169 Å². The van der Waals surface area contributed by atoms with Gasteiger partial charge in [0.15, 0.2) is 0 Å². The number of thiophene rings is 1. The van der Waals surface area contributed by atoms with Crippen molar-refractivity contribution in [3.8, 4) is 10.8 Å². The van der Waals surface area contributed by atoms with E-state index in [0.717, 1.165) is 35.6 Å². The summed E-state index contributed by atoms with van der Waals surface area (Å²) >= 11 is 1.57. The maximum Gasteiger partial charge on any atom is 0.246 e. The highest BCUT2D eigenvalue weighted by Gasteiger charge is 2.32. The summed E-state index contributed by atoms with van der Waals surface area (Å²) in [4.78, 5) is 5.90. The Hall–Kier alpha value is -1.97. The van der Waals surface area contributed by atoms with Crippen LogP contribution in [0.4, 0.5) is 0 Å². The summed E-state index contributed by atoms with van der Waals surface area (Å²) in [6.45, 7) is 6.98. The third-order valence-electron chi connectivity index (χ3n) is 5.15. The Morgan fingerprint density at radius 2 is 1.93 bits per heavy atom. The predicted octanol–water partition coefficient (Wildman–Crippen LogP) is 3.75. The topological polar surface area (TPSA) is 81.2 Å². The Morgan fingerprint density at radius 3 is 2.61 bits per heavy atom. The van der Waals surface area contributed by atoms with Gasteiger partial charge in [0.1, 0.15) is 16.3 Å². The van der Waals surface area contributed by atoms with Crippen molar-refractivity contribution in [1.29, 1.82) is 0 Å². The zero-order valence-corrected chi connectivity index (χ0v) is 17.9. The summed E-state index contributed by atoms with van der Waals surface area (Å²) in [5.74, 6) is 1.31. The molecule has 1 fully saturated rings. The number of aryl methyl sites for hydroxylation is 2. The van der Waals surface area contributed by atoms with Gasteiger partial charge in [0.2, 0.25) is 15.9 Å². The highest BCUT2D eigenvalue weighted by molar-refractivity contribution is 7.89. The van der Waals surface area contributed by atoms with Crippen molar-refractivity contribution in [2.24, 2.45) is 0 Å². The van der Waals surface area contributed by atoms with Crippen molar-refractivity contribution in [2.75, 3.05) is 13.1 Å². The Morgan fingerprint density at radius 1 is 1.18 bits per heavy atom. The molecule has 0 radical (unpaired) electrons. The minimum absolute atomic E-state index is 0.328. The Kier molecular flexibility index (Phi) is 5.15. The fourth-order valence-corrected chi connectivity index (χ4v) is 6.20. The number of aromatic nitrogens is 3. The molecule has 28 heavy (non-hydrogen) atoms. The maximum atomic E-state index is 13.2. The number of piperidine rings is 1. The summed E-state index contributed by atoms with van der Waals surface area (Å²) in [6.07, 6.45) is 2.91. The van der Waals surface area contributed by atoms with Gasteiger partial charge < -0.3 is 4.42 Å². The number of sulfonamides is 1. The van der Waals surface area contributed by atoms with Gasteiger partial charge in [-0.1, -0.05) is 12.5 Å². The van der Waals surface area contributed by atoms with E-state index in [1.807, 2.05) is 31.4 Å². The van der Waals surface area contributed by atoms with Gasteiger partial charge in [-0.3, -0.25) is 4.68 Å². The summed E-state index contributed by atoms with van der Waals surface area (Å²) in [7, 11) is -3.53. The van der Waals surface area contributed by atoms with Crippen LogP contribution in [-0.4, -0.2) is 40.6 Å². The molecular formula is C19H24N4O3S2. The van der Waals surface area contributed by atoms with E-state index in [4.69, 9.17) is 4.42 Å². The van der Waals surface area contributed by atoms with E-state index in [1.54, 1.807) is 27.2 Å². The molecule has 3 aromatic heterocycles. The molecule has 4 heterocycles. The first-order valence-electron chi connectivity index (χ1n) is 9.42. The Balaban J connectivity index is 1.65. The van der Waals surface area contributed by atoms with Gasteiger partial charge in [0.25, 0.3) is 0 Å². The van der Waals surface area contributed by atoms with Crippen molar-refractivity contribution in [3.05, 3.63) is 40.4 Å². The summed E-state index contributed by atoms with van der Waals surface area (Å²) in [5, 5.41) is 6.49. The van der Waals surface area contributed by atoms with Crippen molar-refractivity contribution >= 4 is 21.4 Å². The molecule has 0 N–H and O–H groups in total. The number of rotatable bonds is 5. The second-order valence-electron chi connectivity index (χ2n) is 7.12. The minimum atomic E-state index is -3.53. The van der Waals surface area contributed by atoms with Crippen molar-refractivity contribution in [1.82, 2.24) is 19.1 Å². The number of hydrogen-bond donors (Lipinski definition) is 0. The van der Waals surface area contributed by atoms with Crippen LogP contribution in [0.2, 0.25) is 0 Å². The fourth-order valence-electron chi connectivity index (χ4n) is 3.66. The number of nitrogens with zero attached hydrogens (tertiary/aromatic N) is 4. The van der Waals surface area contributed by atoms with E-state index >= 15 is 0 Å². The normalized spacial score (nSPS) is 16.0. The van der Waals surface area contributed by atoms with Gasteiger partial charge in [-0.2, -0.15) is 9.40 Å². The first-order valence-corrected chi connectivity index (χ1v) is 11.7. The highest BCUT2D eigenvalue weighted by Crippen LogP contribution is 2.29. The molecular weight excluding hydrogens is 396 g/mol. The molecule has 1 saturated heterocycles. The van der Waals surface area contributed by atoms with Crippen LogP contribution < -0.4 is 0 Å². The lowest BCUT2D eigenvalue weighted by Crippen LogP contribution is -2.36. The third kappa shape index (κ3) is 3.42. The van der Waals surface area contributed by atoms with Gasteiger partial charge in [0, 0.05) is 13.1 Å². The second kappa shape index (κ2) is 7.46. The largest absolute Gasteiger partial charge is 0.440 e. The first-order chi connectivity index (χ1) is 13.4. The maximum absolute atomic E-state index is 13.2. The van der Waals surface area contributed by atoms with Crippen molar-refractivity contribution < 1.29 is 12.8 Å². The van der Waals surface area contributed by atoms with Gasteiger partial charge in [-0.15, -0.1) is 11.3 Å². The highest BCUT2D eigenvalue weighted by atomic mass is 32.2. The lowest BCUT2D eigenvalue weighted by Gasteiger charge is -2.25. The summed E-state index contributed by atoms with van der Waals surface area (Å²) < 4.78 is 35.4. The van der Waals surface area contributed by atoms with E-state index in [-0.39, 0.29) is 0 Å². The molecule has 0 aromatic carbocycles. The summed E-state index contributed by atoms with van der Waals surface area (Å²) in [6, 6.07) is 3.92. The summed E-state index contributed by atoms with van der Waals surface area (Å²) in [5.41, 5.74) is 1.93. The smallest absolute Gasteiger partial charge is 0.246 e. The van der Waals surface area contributed by atoms with Gasteiger partial charge >= 0.3 is 0 Å². The molecule has 1 aliphatic rings. The molecule has 1 aliphatic heterocycles. The van der Waals surface area contributed by atoms with Crippen LogP contribution in [0, 0.1) is 20.8 Å². The standard InChI is InChI=1S/C19H24N4O3S2/c1-13-18(28(24,25)22-9-5-4-6-10-22)14(2)23(21-13)12-16-15(3)26-19(20-16)17-8-7-11-27-17/h7-8,11H,4-6,9-10,12H2,1-3H3. The van der Waals surface area contributed by atoms with Crippen LogP contribution in [0.25, 0.3) is 10.8 Å². The van der Waals surface area contributed by atoms with Crippen LogP contribution >= 0.6 is 11.3 Å². The number of hydrogen-bond acceptors (Lipinski definition) is 6. The predicted molar refractivity (Wildman–Crippen MR) is 108 cm³/mol. The molecule has 3 aromatic rings. The van der Waals surface area contributed by atoms with E-state index in [1.165, 1.54) is 0 Å².